The summed E-state index contributed by atoms with van der Waals surface area (Å²) in [6.07, 6.45) is 1.86. The van der Waals surface area contributed by atoms with Crippen molar-refractivity contribution in [1.82, 2.24) is 9.21 Å². The van der Waals surface area contributed by atoms with E-state index in [-0.39, 0.29) is 5.91 Å². The molecule has 0 atom stereocenters. The van der Waals surface area contributed by atoms with Crippen LogP contribution >= 0.6 is 15.9 Å². The van der Waals surface area contributed by atoms with Crippen molar-refractivity contribution in [1.29, 1.82) is 0 Å². The number of hydrogen-bond donors (Lipinski definition) is 0. The van der Waals surface area contributed by atoms with Gasteiger partial charge in [-0.3, -0.25) is 4.79 Å². The number of halogens is 1. The smallest absolute Gasteiger partial charge is 0.255 e. The molecule has 1 amide bonds. The van der Waals surface area contributed by atoms with Gasteiger partial charge in [-0.25, -0.2) is 12.7 Å². The lowest BCUT2D eigenvalue weighted by atomic mass is 10.2. The fourth-order valence-corrected chi connectivity index (χ4v) is 3.56. The van der Waals surface area contributed by atoms with Crippen molar-refractivity contribution in [2.75, 3.05) is 32.4 Å². The van der Waals surface area contributed by atoms with Crippen LogP contribution in [0, 0.1) is 0 Å². The van der Waals surface area contributed by atoms with E-state index < -0.39 is 10.0 Å². The second-order valence-corrected chi connectivity index (χ2v) is 7.62. The van der Waals surface area contributed by atoms with E-state index in [0.29, 0.717) is 38.2 Å². The molecule has 1 aliphatic heterocycles. The Labute approximate surface area is 127 Å². The van der Waals surface area contributed by atoms with E-state index in [0.717, 1.165) is 4.47 Å². The Balaban J connectivity index is 2.11. The summed E-state index contributed by atoms with van der Waals surface area (Å²) in [5.41, 5.74) is 0.611. The molecule has 1 fully saturated rings. The lowest BCUT2D eigenvalue weighted by molar-refractivity contribution is 0.0763. The van der Waals surface area contributed by atoms with E-state index in [1.807, 2.05) is 18.2 Å². The quantitative estimate of drug-likeness (QED) is 0.803. The highest BCUT2D eigenvalue weighted by molar-refractivity contribution is 9.10. The fourth-order valence-electron chi connectivity index (χ4n) is 2.23. The minimum atomic E-state index is -3.19. The molecule has 0 radical (unpaired) electrons. The molecule has 0 aliphatic carbocycles. The zero-order valence-corrected chi connectivity index (χ0v) is 13.7. The molecule has 1 aromatic rings. The van der Waals surface area contributed by atoms with Gasteiger partial charge in [0, 0.05) is 30.7 Å². The van der Waals surface area contributed by atoms with Crippen LogP contribution in [0.5, 0.6) is 0 Å². The molecule has 5 nitrogen and oxygen atoms in total. The lowest BCUT2D eigenvalue weighted by Crippen LogP contribution is -2.37. The van der Waals surface area contributed by atoms with Crippen molar-refractivity contribution >= 4 is 31.9 Å². The molecule has 0 N–H and O–H groups in total. The molecule has 0 unspecified atom stereocenters. The first kappa shape index (κ1) is 15.5. The monoisotopic (exact) mass is 360 g/mol. The summed E-state index contributed by atoms with van der Waals surface area (Å²) in [5, 5.41) is 0. The third-order valence-corrected chi connectivity index (χ3v) is 5.31. The van der Waals surface area contributed by atoms with Crippen LogP contribution in [0.4, 0.5) is 0 Å². The van der Waals surface area contributed by atoms with E-state index in [2.05, 4.69) is 15.9 Å². The first-order valence-corrected chi connectivity index (χ1v) is 9.02. The maximum Gasteiger partial charge on any atom is 0.255 e. The highest BCUT2D eigenvalue weighted by Gasteiger charge is 2.25. The molecule has 1 aromatic carbocycles. The highest BCUT2D eigenvalue weighted by Crippen LogP contribution is 2.19. The number of amides is 1. The zero-order valence-electron chi connectivity index (χ0n) is 11.3. The van der Waals surface area contributed by atoms with Crippen molar-refractivity contribution in [2.24, 2.45) is 0 Å². The Morgan fingerprint density at radius 1 is 1.15 bits per heavy atom. The molecule has 1 heterocycles. The first-order valence-electron chi connectivity index (χ1n) is 6.38. The number of benzene rings is 1. The van der Waals surface area contributed by atoms with Gasteiger partial charge in [-0.2, -0.15) is 0 Å². The van der Waals surface area contributed by atoms with Crippen molar-refractivity contribution < 1.29 is 13.2 Å². The van der Waals surface area contributed by atoms with E-state index in [4.69, 9.17) is 0 Å². The van der Waals surface area contributed by atoms with Crippen LogP contribution < -0.4 is 0 Å². The summed E-state index contributed by atoms with van der Waals surface area (Å²) in [6.45, 7) is 1.83. The Morgan fingerprint density at radius 3 is 2.50 bits per heavy atom. The van der Waals surface area contributed by atoms with Crippen LogP contribution in [0.25, 0.3) is 0 Å². The third kappa shape index (κ3) is 3.59. The number of nitrogens with zero attached hydrogens (tertiary/aromatic N) is 2. The molecule has 0 spiro atoms. The van der Waals surface area contributed by atoms with Crippen LogP contribution in [-0.4, -0.2) is 56.0 Å². The van der Waals surface area contributed by atoms with Crippen LogP contribution in [0.3, 0.4) is 0 Å². The standard InChI is InChI=1S/C13H17BrN2O3S/c1-20(18,19)16-8-4-7-15(9-10-16)13(17)11-5-2-3-6-12(11)14/h2-3,5-6H,4,7-10H2,1H3. The van der Waals surface area contributed by atoms with Gasteiger partial charge in [-0.05, 0) is 34.5 Å². The van der Waals surface area contributed by atoms with Crippen LogP contribution in [0.15, 0.2) is 28.7 Å². The summed E-state index contributed by atoms with van der Waals surface area (Å²) in [5.74, 6) is -0.0622. The normalized spacial score (nSPS) is 17.8. The average Bonchev–Trinajstić information content (AvgIpc) is 2.63. The van der Waals surface area contributed by atoms with Crippen LogP contribution in [0.2, 0.25) is 0 Å². The molecule has 0 saturated carbocycles. The second kappa shape index (κ2) is 6.24. The Bertz CT molecular complexity index is 603. The molecule has 110 valence electrons. The van der Waals surface area contributed by atoms with Crippen LogP contribution in [-0.2, 0) is 10.0 Å². The average molecular weight is 361 g/mol. The first-order chi connectivity index (χ1) is 9.39. The second-order valence-electron chi connectivity index (χ2n) is 4.79. The van der Waals surface area contributed by atoms with Crippen molar-refractivity contribution in [2.45, 2.75) is 6.42 Å². The van der Waals surface area contributed by atoms with Crippen molar-refractivity contribution in [3.05, 3.63) is 34.3 Å². The van der Waals surface area contributed by atoms with E-state index in [9.17, 15) is 13.2 Å². The zero-order chi connectivity index (χ0) is 14.8. The van der Waals surface area contributed by atoms with Crippen LogP contribution in [0.1, 0.15) is 16.8 Å². The maximum atomic E-state index is 12.5. The number of rotatable bonds is 2. The van der Waals surface area contributed by atoms with Gasteiger partial charge in [0.15, 0.2) is 0 Å². The predicted octanol–water partition coefficient (Wildman–Crippen LogP) is 1.56. The van der Waals surface area contributed by atoms with Gasteiger partial charge >= 0.3 is 0 Å². The van der Waals surface area contributed by atoms with Gasteiger partial charge in [0.25, 0.3) is 5.91 Å². The Morgan fingerprint density at radius 2 is 1.85 bits per heavy atom. The molecule has 1 saturated heterocycles. The minimum absolute atomic E-state index is 0.0622. The van der Waals surface area contributed by atoms with Crippen molar-refractivity contribution in [3.63, 3.8) is 0 Å². The van der Waals surface area contributed by atoms with Gasteiger partial charge in [-0.1, -0.05) is 12.1 Å². The predicted molar refractivity (Wildman–Crippen MR) is 81.1 cm³/mol. The molecular formula is C13H17BrN2O3S. The maximum absolute atomic E-state index is 12.5. The molecule has 2 rings (SSSR count). The Hall–Kier alpha value is -0.920. The fraction of sp³-hybridized carbons (Fsp3) is 0.462. The molecular weight excluding hydrogens is 344 g/mol. The molecule has 1 aliphatic rings. The van der Waals surface area contributed by atoms with Crippen molar-refractivity contribution in [3.8, 4) is 0 Å². The largest absolute Gasteiger partial charge is 0.337 e. The molecule has 0 bridgehead atoms. The summed E-state index contributed by atoms with van der Waals surface area (Å²) in [6, 6.07) is 7.27. The third-order valence-electron chi connectivity index (χ3n) is 3.32. The molecule has 7 heteroatoms. The van der Waals surface area contributed by atoms with E-state index in [1.165, 1.54) is 10.6 Å². The summed E-state index contributed by atoms with van der Waals surface area (Å²) < 4.78 is 25.3. The number of sulfonamides is 1. The highest BCUT2D eigenvalue weighted by atomic mass is 79.9. The number of carbonyl (C=O) groups excluding carboxylic acids is 1. The molecule has 0 aromatic heterocycles. The summed E-state index contributed by atoms with van der Waals surface area (Å²) in [4.78, 5) is 14.2. The minimum Gasteiger partial charge on any atom is -0.337 e. The van der Waals surface area contributed by atoms with E-state index in [1.54, 1.807) is 11.0 Å². The van der Waals surface area contributed by atoms with Gasteiger partial charge in [0.05, 0.1) is 11.8 Å². The molecule has 20 heavy (non-hydrogen) atoms. The SMILES string of the molecule is CS(=O)(=O)N1CCCN(C(=O)c2ccccc2Br)CC1. The number of carbonyl (C=O) groups is 1. The van der Waals surface area contributed by atoms with Gasteiger partial charge in [-0.15, -0.1) is 0 Å². The van der Waals surface area contributed by atoms with Gasteiger partial charge < -0.3 is 4.90 Å². The van der Waals surface area contributed by atoms with Gasteiger partial charge in [0.1, 0.15) is 0 Å². The topological polar surface area (TPSA) is 57.7 Å². The lowest BCUT2D eigenvalue weighted by Gasteiger charge is -2.21. The van der Waals surface area contributed by atoms with Gasteiger partial charge in [0.2, 0.25) is 10.0 Å². The summed E-state index contributed by atoms with van der Waals surface area (Å²) in [7, 11) is -3.19. The number of hydrogen-bond acceptors (Lipinski definition) is 3. The van der Waals surface area contributed by atoms with E-state index >= 15 is 0 Å². The summed E-state index contributed by atoms with van der Waals surface area (Å²) >= 11 is 3.37. The Kier molecular flexibility index (Phi) is 4.82.